The van der Waals surface area contributed by atoms with E-state index in [4.69, 9.17) is 9.47 Å². The minimum Gasteiger partial charge on any atom is -0.343 e. The number of hydrogen-bond donors (Lipinski definition) is 0. The highest BCUT2D eigenvalue weighted by Gasteiger charge is 2.41. The monoisotopic (exact) mass is 288 g/mol. The summed E-state index contributed by atoms with van der Waals surface area (Å²) < 4.78 is 12.0. The molecule has 116 valence electrons. The van der Waals surface area contributed by atoms with E-state index in [1.807, 2.05) is 6.92 Å². The van der Waals surface area contributed by atoms with Gasteiger partial charge in [0.2, 0.25) is 0 Å². The first-order chi connectivity index (χ1) is 9.64. The van der Waals surface area contributed by atoms with Gasteiger partial charge >= 0.3 is 0 Å². The summed E-state index contributed by atoms with van der Waals surface area (Å²) in [6.45, 7) is 14.2. The van der Waals surface area contributed by atoms with Crippen LogP contribution in [0.5, 0.6) is 0 Å². The molecule has 0 unspecified atom stereocenters. The molecule has 21 heavy (non-hydrogen) atoms. The van der Waals surface area contributed by atoms with E-state index in [-0.39, 0.29) is 16.9 Å². The third kappa shape index (κ3) is 2.43. The quantitative estimate of drug-likeness (QED) is 0.749. The van der Waals surface area contributed by atoms with Crippen molar-refractivity contribution in [2.75, 3.05) is 6.61 Å². The Bertz CT molecular complexity index is 559. The van der Waals surface area contributed by atoms with Crippen molar-refractivity contribution in [2.45, 2.75) is 77.1 Å². The minimum atomic E-state index is -0.591. The second-order valence-electron chi connectivity index (χ2n) is 8.21. The normalized spacial score (nSPS) is 33.7. The number of ether oxygens (including phenoxy) is 2. The molecule has 1 aromatic rings. The summed E-state index contributed by atoms with van der Waals surface area (Å²) in [4.78, 5) is 0. The van der Waals surface area contributed by atoms with Gasteiger partial charge in [-0.05, 0) is 54.7 Å². The van der Waals surface area contributed by atoms with Gasteiger partial charge in [-0.15, -0.1) is 0 Å². The highest BCUT2D eigenvalue weighted by molar-refractivity contribution is 5.44. The standard InChI is InChI=1S/C19H28O2/c1-13-12-20-19(6,21-13)14-7-8-15-16(11-14)18(4,5)10-9-17(15,2)3/h7-8,11,13H,9-10,12H2,1-6H3/t13-,19-/m0/s1. The Morgan fingerprint density at radius 3 is 2.14 bits per heavy atom. The molecule has 1 heterocycles. The fraction of sp³-hybridized carbons (Fsp3) is 0.684. The van der Waals surface area contributed by atoms with Crippen molar-refractivity contribution in [3.63, 3.8) is 0 Å². The van der Waals surface area contributed by atoms with Crippen LogP contribution >= 0.6 is 0 Å². The lowest BCUT2D eigenvalue weighted by molar-refractivity contribution is -0.159. The maximum absolute atomic E-state index is 6.02. The van der Waals surface area contributed by atoms with Crippen LogP contribution in [0.1, 0.15) is 71.1 Å². The van der Waals surface area contributed by atoms with E-state index in [2.05, 4.69) is 52.8 Å². The van der Waals surface area contributed by atoms with E-state index in [1.165, 1.54) is 24.0 Å². The molecular formula is C19H28O2. The van der Waals surface area contributed by atoms with Gasteiger partial charge < -0.3 is 9.47 Å². The molecule has 3 rings (SSSR count). The van der Waals surface area contributed by atoms with Crippen LogP contribution in [0.4, 0.5) is 0 Å². The van der Waals surface area contributed by atoms with Gasteiger partial charge in [-0.1, -0.05) is 39.8 Å². The van der Waals surface area contributed by atoms with Crippen molar-refractivity contribution in [1.29, 1.82) is 0 Å². The summed E-state index contributed by atoms with van der Waals surface area (Å²) in [6, 6.07) is 6.82. The Morgan fingerprint density at radius 1 is 0.952 bits per heavy atom. The summed E-state index contributed by atoms with van der Waals surface area (Å²) in [7, 11) is 0. The van der Waals surface area contributed by atoms with Crippen molar-refractivity contribution in [1.82, 2.24) is 0 Å². The summed E-state index contributed by atoms with van der Waals surface area (Å²) in [5, 5.41) is 0. The molecule has 2 nitrogen and oxygen atoms in total. The molecule has 1 aliphatic heterocycles. The number of hydrogen-bond acceptors (Lipinski definition) is 2. The first-order valence-corrected chi connectivity index (χ1v) is 8.11. The second-order valence-corrected chi connectivity index (χ2v) is 8.21. The van der Waals surface area contributed by atoms with Crippen LogP contribution in [0, 0.1) is 0 Å². The van der Waals surface area contributed by atoms with Gasteiger partial charge in [0.1, 0.15) is 0 Å². The lowest BCUT2D eigenvalue weighted by Crippen LogP contribution is -2.35. The van der Waals surface area contributed by atoms with Crippen molar-refractivity contribution in [3.05, 3.63) is 34.9 Å². The highest BCUT2D eigenvalue weighted by Crippen LogP contribution is 2.47. The van der Waals surface area contributed by atoms with E-state index in [0.717, 1.165) is 5.56 Å². The fourth-order valence-electron chi connectivity index (χ4n) is 3.75. The number of benzene rings is 1. The van der Waals surface area contributed by atoms with Crippen molar-refractivity contribution >= 4 is 0 Å². The number of fused-ring (bicyclic) bond motifs is 1. The largest absolute Gasteiger partial charge is 0.343 e. The molecule has 1 fully saturated rings. The van der Waals surface area contributed by atoms with Gasteiger partial charge in [0.15, 0.2) is 5.79 Å². The Hall–Kier alpha value is -0.860. The van der Waals surface area contributed by atoms with Crippen LogP contribution < -0.4 is 0 Å². The molecule has 0 spiro atoms. The van der Waals surface area contributed by atoms with Crippen LogP contribution in [0.2, 0.25) is 0 Å². The molecule has 0 bridgehead atoms. The average molecular weight is 288 g/mol. The maximum atomic E-state index is 6.02. The molecule has 0 saturated carbocycles. The summed E-state index contributed by atoms with van der Waals surface area (Å²) >= 11 is 0. The topological polar surface area (TPSA) is 18.5 Å². The Kier molecular flexibility index (Phi) is 3.27. The molecular weight excluding hydrogens is 260 g/mol. The molecule has 0 radical (unpaired) electrons. The van der Waals surface area contributed by atoms with Crippen LogP contribution in [-0.2, 0) is 26.1 Å². The molecule has 1 aliphatic carbocycles. The van der Waals surface area contributed by atoms with E-state index in [9.17, 15) is 0 Å². The smallest absolute Gasteiger partial charge is 0.192 e. The molecule has 0 amide bonds. The number of rotatable bonds is 1. The highest BCUT2D eigenvalue weighted by atomic mass is 16.7. The zero-order valence-corrected chi connectivity index (χ0v) is 14.2. The summed E-state index contributed by atoms with van der Waals surface area (Å²) in [5.41, 5.74) is 4.58. The molecule has 0 N–H and O–H groups in total. The average Bonchev–Trinajstić information content (AvgIpc) is 2.76. The molecule has 2 heteroatoms. The van der Waals surface area contributed by atoms with Crippen molar-refractivity contribution in [2.24, 2.45) is 0 Å². The third-order valence-electron chi connectivity index (χ3n) is 5.40. The van der Waals surface area contributed by atoms with Gasteiger partial charge in [-0.2, -0.15) is 0 Å². The predicted molar refractivity (Wildman–Crippen MR) is 85.6 cm³/mol. The van der Waals surface area contributed by atoms with Crippen molar-refractivity contribution < 1.29 is 9.47 Å². The predicted octanol–water partition coefficient (Wildman–Crippen LogP) is 4.64. The minimum absolute atomic E-state index is 0.162. The van der Waals surface area contributed by atoms with Crippen LogP contribution in [0.3, 0.4) is 0 Å². The summed E-state index contributed by atoms with van der Waals surface area (Å²) in [5.74, 6) is -0.591. The van der Waals surface area contributed by atoms with Gasteiger partial charge in [-0.3, -0.25) is 0 Å². The molecule has 2 atom stereocenters. The van der Waals surface area contributed by atoms with Crippen LogP contribution in [-0.4, -0.2) is 12.7 Å². The lowest BCUT2D eigenvalue weighted by Gasteiger charge is -2.42. The third-order valence-corrected chi connectivity index (χ3v) is 5.40. The van der Waals surface area contributed by atoms with E-state index in [0.29, 0.717) is 6.61 Å². The Morgan fingerprint density at radius 2 is 1.57 bits per heavy atom. The molecule has 0 aromatic heterocycles. The zero-order valence-electron chi connectivity index (χ0n) is 14.2. The van der Waals surface area contributed by atoms with Gasteiger partial charge in [0.25, 0.3) is 0 Å². The van der Waals surface area contributed by atoms with E-state index >= 15 is 0 Å². The maximum Gasteiger partial charge on any atom is 0.192 e. The summed E-state index contributed by atoms with van der Waals surface area (Å²) in [6.07, 6.45) is 2.63. The SMILES string of the molecule is C[C@H]1CO[C@](C)(c2ccc3c(c2)C(C)(C)CCC3(C)C)O1. The molecule has 2 aliphatic rings. The van der Waals surface area contributed by atoms with Crippen LogP contribution in [0.25, 0.3) is 0 Å². The van der Waals surface area contributed by atoms with Gasteiger partial charge in [-0.25, -0.2) is 0 Å². The van der Waals surface area contributed by atoms with Crippen molar-refractivity contribution in [3.8, 4) is 0 Å². The second kappa shape index (κ2) is 4.57. The fourth-order valence-corrected chi connectivity index (χ4v) is 3.75. The molecule has 1 saturated heterocycles. The first-order valence-electron chi connectivity index (χ1n) is 8.11. The lowest BCUT2D eigenvalue weighted by atomic mass is 9.63. The Balaban J connectivity index is 2.08. The van der Waals surface area contributed by atoms with E-state index < -0.39 is 5.79 Å². The zero-order chi connectivity index (χ0) is 15.5. The first kappa shape index (κ1) is 15.1. The Labute approximate surface area is 128 Å². The van der Waals surface area contributed by atoms with Crippen LogP contribution in [0.15, 0.2) is 18.2 Å². The van der Waals surface area contributed by atoms with Gasteiger partial charge in [0.05, 0.1) is 12.7 Å². The van der Waals surface area contributed by atoms with Gasteiger partial charge in [0, 0.05) is 5.56 Å². The molecule has 1 aromatic carbocycles. The van der Waals surface area contributed by atoms with E-state index in [1.54, 1.807) is 0 Å².